The van der Waals surface area contributed by atoms with E-state index in [0.29, 0.717) is 0 Å². The summed E-state index contributed by atoms with van der Waals surface area (Å²) in [6, 6.07) is -0.0676. The summed E-state index contributed by atoms with van der Waals surface area (Å²) >= 11 is 0. The topological polar surface area (TPSA) is 65.1 Å². The highest BCUT2D eigenvalue weighted by Gasteiger charge is 2.46. The van der Waals surface area contributed by atoms with Crippen LogP contribution in [0.15, 0.2) is 0 Å². The lowest BCUT2D eigenvalue weighted by atomic mass is 10.2. The highest BCUT2D eigenvalue weighted by molar-refractivity contribution is 7.72. The predicted molar refractivity (Wildman–Crippen MR) is 101 cm³/mol. The third-order valence-electron chi connectivity index (χ3n) is 2.87. The largest absolute Gasteiger partial charge is 0.342 e. The average Bonchev–Trinajstić information content (AvgIpc) is 2.20. The maximum atomic E-state index is 13.5. The molecule has 6 nitrogen and oxygen atoms in total. The van der Waals surface area contributed by atoms with E-state index in [4.69, 9.17) is 13.6 Å². The normalized spacial score (nSPS) is 16.9. The number of hydrogen-bond acceptors (Lipinski definition) is 5. The van der Waals surface area contributed by atoms with Gasteiger partial charge >= 0.3 is 7.60 Å². The van der Waals surface area contributed by atoms with Gasteiger partial charge in [0.05, 0.1) is 11.2 Å². The van der Waals surface area contributed by atoms with Crippen molar-refractivity contribution >= 4 is 15.1 Å². The van der Waals surface area contributed by atoms with Crippen LogP contribution >= 0.6 is 15.1 Å². The molecule has 0 aromatic heterocycles. The van der Waals surface area contributed by atoms with Crippen LogP contribution < -0.4 is 0 Å². The van der Waals surface area contributed by atoms with Gasteiger partial charge in [0.25, 0.3) is 7.52 Å². The summed E-state index contributed by atoms with van der Waals surface area (Å²) in [6.07, 6.45) is 0. The van der Waals surface area contributed by atoms with Crippen molar-refractivity contribution in [3.05, 3.63) is 0 Å². The smallest absolute Gasteiger partial charge is 0.320 e. The molecule has 146 valence electrons. The minimum atomic E-state index is -3.66. The van der Waals surface area contributed by atoms with E-state index in [1.165, 1.54) is 7.11 Å². The van der Waals surface area contributed by atoms with Crippen LogP contribution in [0, 0.1) is 0 Å². The number of nitrogens with zero attached hydrogens (tertiary/aromatic N) is 1. The summed E-state index contributed by atoms with van der Waals surface area (Å²) < 4.78 is 45.7. The fourth-order valence-electron chi connectivity index (χ4n) is 2.65. The lowest BCUT2D eigenvalue weighted by Crippen LogP contribution is -2.36. The van der Waals surface area contributed by atoms with E-state index in [1.54, 1.807) is 46.2 Å². The summed E-state index contributed by atoms with van der Waals surface area (Å²) in [5.74, 6) is -0.276. The molecule has 0 spiro atoms. The van der Waals surface area contributed by atoms with Gasteiger partial charge in [-0.25, -0.2) is 4.67 Å². The zero-order chi connectivity index (χ0) is 19.6. The van der Waals surface area contributed by atoms with Crippen LogP contribution in [0.2, 0.25) is 0 Å². The number of rotatable bonds is 8. The van der Waals surface area contributed by atoms with E-state index in [0.717, 1.165) is 0 Å². The Labute approximate surface area is 148 Å². The molecular weight excluding hydrogens is 348 g/mol. The fourth-order valence-corrected chi connectivity index (χ4v) is 9.22. The van der Waals surface area contributed by atoms with Gasteiger partial charge in [-0.3, -0.25) is 9.13 Å². The molecule has 0 fully saturated rings. The fraction of sp³-hybridized carbons (Fsp3) is 1.00. The third kappa shape index (κ3) is 8.12. The van der Waals surface area contributed by atoms with Gasteiger partial charge in [-0.2, -0.15) is 0 Å². The lowest BCUT2D eigenvalue weighted by Gasteiger charge is -2.39. The molecule has 0 aromatic rings. The van der Waals surface area contributed by atoms with E-state index < -0.39 is 26.3 Å². The summed E-state index contributed by atoms with van der Waals surface area (Å²) in [5, 5.41) is 0. The molecule has 0 saturated carbocycles. The monoisotopic (exact) mass is 385 g/mol. The minimum Gasteiger partial charge on any atom is -0.320 e. The van der Waals surface area contributed by atoms with Gasteiger partial charge in [-0.15, -0.1) is 0 Å². The van der Waals surface area contributed by atoms with Crippen LogP contribution in [0.1, 0.15) is 69.2 Å². The van der Waals surface area contributed by atoms with Crippen LogP contribution in [0.3, 0.4) is 0 Å². The van der Waals surface area contributed by atoms with Gasteiger partial charge in [0.15, 0.2) is 0 Å². The Hall–Kier alpha value is 0.300. The van der Waals surface area contributed by atoms with Crippen molar-refractivity contribution in [2.75, 3.05) is 13.0 Å². The maximum Gasteiger partial charge on any atom is 0.342 e. The Balaban J connectivity index is 5.89. The van der Waals surface area contributed by atoms with Crippen molar-refractivity contribution in [2.45, 2.75) is 92.5 Å². The summed E-state index contributed by atoms with van der Waals surface area (Å²) in [4.78, 5) is 0. The number of hydrogen-bond donors (Lipinski definition) is 0. The molecule has 0 aliphatic rings. The molecule has 24 heavy (non-hydrogen) atoms. The van der Waals surface area contributed by atoms with Crippen molar-refractivity contribution < 1.29 is 22.7 Å². The maximum absolute atomic E-state index is 13.5. The molecule has 8 heteroatoms. The van der Waals surface area contributed by atoms with E-state index in [1.807, 2.05) is 27.7 Å². The molecule has 0 bridgehead atoms. The van der Waals surface area contributed by atoms with Gasteiger partial charge in [-0.1, -0.05) is 0 Å². The molecule has 0 aromatic carbocycles. The Kier molecular flexibility index (Phi) is 8.43. The van der Waals surface area contributed by atoms with E-state index in [-0.39, 0.29) is 18.0 Å². The highest BCUT2D eigenvalue weighted by atomic mass is 31.2. The van der Waals surface area contributed by atoms with Gasteiger partial charge < -0.3 is 13.6 Å². The quantitative estimate of drug-likeness (QED) is 0.498. The van der Waals surface area contributed by atoms with Crippen LogP contribution in [0.25, 0.3) is 0 Å². The van der Waals surface area contributed by atoms with Crippen molar-refractivity contribution in [3.63, 3.8) is 0 Å². The van der Waals surface area contributed by atoms with Crippen molar-refractivity contribution in [2.24, 2.45) is 0 Å². The van der Waals surface area contributed by atoms with Crippen LogP contribution in [0.4, 0.5) is 0 Å². The Bertz CT molecular complexity index is 464. The summed E-state index contributed by atoms with van der Waals surface area (Å²) in [5.41, 5.74) is -1.39. The Morgan fingerprint density at radius 3 is 1.38 bits per heavy atom. The Morgan fingerprint density at radius 1 is 0.833 bits per heavy atom. The second-order valence-electron chi connectivity index (χ2n) is 8.55. The van der Waals surface area contributed by atoms with Crippen molar-refractivity contribution in [1.82, 2.24) is 4.67 Å². The molecule has 0 aliphatic carbocycles. The molecule has 0 N–H and O–H groups in total. The van der Waals surface area contributed by atoms with Gasteiger partial charge in [0.1, 0.15) is 5.90 Å². The molecule has 0 heterocycles. The molecule has 0 aliphatic heterocycles. The van der Waals surface area contributed by atoms with Crippen molar-refractivity contribution in [1.29, 1.82) is 0 Å². The average molecular weight is 385 g/mol. The van der Waals surface area contributed by atoms with Crippen LogP contribution in [-0.2, 0) is 22.7 Å². The molecule has 1 unspecified atom stereocenters. The second kappa shape index (κ2) is 8.33. The van der Waals surface area contributed by atoms with Crippen LogP contribution in [-0.4, -0.2) is 41.0 Å². The third-order valence-corrected chi connectivity index (χ3v) is 9.54. The summed E-state index contributed by atoms with van der Waals surface area (Å²) in [6.45, 7) is 18.5. The van der Waals surface area contributed by atoms with Gasteiger partial charge in [-0.05, 0) is 69.2 Å². The predicted octanol–water partition coefficient (Wildman–Crippen LogP) is 5.73. The summed E-state index contributed by atoms with van der Waals surface area (Å²) in [7, 11) is -5.67. The first-order chi connectivity index (χ1) is 10.4. The first-order valence-electron chi connectivity index (χ1n) is 8.39. The standard InChI is InChI=1S/C16H37NO5P2/c1-13(2)17(14(3)4)23(18,20-11)12-24(19,21-15(5,6)7)22-16(8,9)10/h13-14H,12H2,1-11H3. The van der Waals surface area contributed by atoms with Crippen LogP contribution in [0.5, 0.6) is 0 Å². The zero-order valence-corrected chi connectivity index (χ0v) is 19.0. The van der Waals surface area contributed by atoms with Crippen molar-refractivity contribution in [3.8, 4) is 0 Å². The van der Waals surface area contributed by atoms with E-state index in [9.17, 15) is 9.13 Å². The van der Waals surface area contributed by atoms with E-state index in [2.05, 4.69) is 0 Å². The second-order valence-corrected chi connectivity index (χ2v) is 13.4. The lowest BCUT2D eigenvalue weighted by molar-refractivity contribution is 0.0506. The van der Waals surface area contributed by atoms with E-state index >= 15 is 0 Å². The molecule has 0 radical (unpaired) electrons. The first-order valence-corrected chi connectivity index (χ1v) is 11.9. The highest BCUT2D eigenvalue weighted by Crippen LogP contribution is 2.67. The zero-order valence-electron chi connectivity index (χ0n) is 17.2. The van der Waals surface area contributed by atoms with Gasteiger partial charge in [0.2, 0.25) is 0 Å². The molecule has 0 saturated heterocycles. The molecule has 0 amide bonds. The minimum absolute atomic E-state index is 0.0338. The molecule has 0 rings (SSSR count). The SMILES string of the molecule is COP(=O)(CP(=O)(OC(C)(C)C)OC(C)(C)C)N(C(C)C)C(C)C. The molecular formula is C16H37NO5P2. The van der Waals surface area contributed by atoms with Gasteiger partial charge in [0, 0.05) is 19.2 Å². The Morgan fingerprint density at radius 2 is 1.17 bits per heavy atom. The first kappa shape index (κ1) is 24.3. The molecule has 1 atom stereocenters.